The van der Waals surface area contributed by atoms with Gasteiger partial charge in [0.1, 0.15) is 6.79 Å². The van der Waals surface area contributed by atoms with E-state index in [1.165, 1.54) is 0 Å². The van der Waals surface area contributed by atoms with Gasteiger partial charge in [0.15, 0.2) is 0 Å². The zero-order valence-corrected chi connectivity index (χ0v) is 3.85. The first-order chi connectivity index (χ1) is 3.41. The first-order valence-corrected chi connectivity index (χ1v) is 1.20. The zero-order chi connectivity index (χ0) is 6.71. The van der Waals surface area contributed by atoms with E-state index >= 15 is 0 Å². The van der Waals surface area contributed by atoms with Crippen LogP contribution in [0.1, 0.15) is 7.43 Å². The van der Waals surface area contributed by atoms with E-state index in [1.807, 2.05) is 6.79 Å². The third kappa shape index (κ3) is 47.0. The molecule has 0 aliphatic carbocycles. The number of hydrogen-bond donors (Lipinski definition) is 0. The van der Waals surface area contributed by atoms with Crippen LogP contribution in [-0.2, 0) is 14.4 Å². The molecule has 0 spiro atoms. The van der Waals surface area contributed by atoms with Crippen LogP contribution >= 0.6 is 0 Å². The molecule has 0 atom stereocenters. The highest BCUT2D eigenvalue weighted by Gasteiger charge is 1.13. The summed E-state index contributed by atoms with van der Waals surface area (Å²) < 4.78 is 0. The second-order valence-corrected chi connectivity index (χ2v) is 0.0833. The Morgan fingerprint density at radius 1 is 1.00 bits per heavy atom. The van der Waals surface area contributed by atoms with Gasteiger partial charge in [0.2, 0.25) is 0 Å². The third-order valence-electron chi connectivity index (χ3n) is 0. The minimum Gasteiger partial charge on any atom is -0.307 e. The average Bonchev–Trinajstić information content (AvgIpc) is 1.78. The standard InChI is InChI=1S/C2H4.CO2.CH2O.CH4/c1-2;2-1-3;1-2;/h1-2H2;;1H2;1H4. The number of carbonyl (C=O) groups is 1. The summed E-state index contributed by atoms with van der Waals surface area (Å²) in [5.41, 5.74) is 0. The van der Waals surface area contributed by atoms with Gasteiger partial charge in [-0.15, -0.1) is 13.2 Å². The summed E-state index contributed by atoms with van der Waals surface area (Å²) in [4.78, 5) is 24.2. The number of carbonyl (C=O) groups excluding carboxylic acids is 3. The molecule has 0 aromatic carbocycles. The second kappa shape index (κ2) is 3010. The van der Waals surface area contributed by atoms with Gasteiger partial charge in [-0.05, 0) is 0 Å². The zero-order valence-electron chi connectivity index (χ0n) is 3.85. The minimum absolute atomic E-state index is 0. The van der Waals surface area contributed by atoms with E-state index in [0.29, 0.717) is 0 Å². The molecule has 0 radical (unpaired) electrons. The Kier molecular flexibility index (Phi) is 11000. The summed E-state index contributed by atoms with van der Waals surface area (Å²) in [6.07, 6.45) is 0.250. The lowest BCUT2D eigenvalue weighted by Crippen LogP contribution is -1.22. The Morgan fingerprint density at radius 2 is 1.00 bits per heavy atom. The summed E-state index contributed by atoms with van der Waals surface area (Å²) in [6.45, 7) is 8.00. The highest BCUT2D eigenvalue weighted by Crippen LogP contribution is 0.862. The molecule has 0 saturated carbocycles. The van der Waals surface area contributed by atoms with E-state index in [9.17, 15) is 0 Å². The van der Waals surface area contributed by atoms with Crippen molar-refractivity contribution in [3.8, 4) is 0 Å². The highest BCUT2D eigenvalue weighted by atomic mass is 16.2. The van der Waals surface area contributed by atoms with Gasteiger partial charge < -0.3 is 4.79 Å². The Labute approximate surface area is 49.0 Å². The molecular weight excluding hydrogens is 108 g/mol. The maximum Gasteiger partial charge on any atom is 0.373 e. The summed E-state index contributed by atoms with van der Waals surface area (Å²) in [5, 5.41) is 0. The molecule has 48 valence electrons. The van der Waals surface area contributed by atoms with Gasteiger partial charge in [0.05, 0.1) is 0 Å². The first kappa shape index (κ1) is 29.2. The van der Waals surface area contributed by atoms with Crippen molar-refractivity contribution < 1.29 is 14.4 Å². The summed E-state index contributed by atoms with van der Waals surface area (Å²) in [6, 6.07) is 0. The van der Waals surface area contributed by atoms with Gasteiger partial charge in [-0.3, -0.25) is 0 Å². The van der Waals surface area contributed by atoms with E-state index in [4.69, 9.17) is 14.4 Å². The monoisotopic (exact) mass is 118 g/mol. The molecule has 0 rings (SSSR count). The predicted octanol–water partition coefficient (Wildman–Crippen LogP) is 0.670. The molecule has 3 heteroatoms. The topological polar surface area (TPSA) is 51.2 Å². The van der Waals surface area contributed by atoms with Gasteiger partial charge in [-0.1, -0.05) is 7.43 Å². The molecule has 0 N–H and O–H groups in total. The van der Waals surface area contributed by atoms with Gasteiger partial charge in [-0.25, -0.2) is 0 Å². The smallest absolute Gasteiger partial charge is 0.307 e. The maximum atomic E-state index is 8.12. The van der Waals surface area contributed by atoms with E-state index in [2.05, 4.69) is 13.2 Å². The van der Waals surface area contributed by atoms with Crippen LogP contribution in [0.15, 0.2) is 13.2 Å². The molecule has 0 fully saturated rings. The van der Waals surface area contributed by atoms with Crippen molar-refractivity contribution in [1.82, 2.24) is 0 Å². The molecule has 0 heterocycles. The van der Waals surface area contributed by atoms with Crippen LogP contribution in [-0.4, -0.2) is 12.9 Å². The lowest BCUT2D eigenvalue weighted by Gasteiger charge is -0.945. The van der Waals surface area contributed by atoms with Crippen molar-refractivity contribution in [3.05, 3.63) is 13.2 Å². The highest BCUT2D eigenvalue weighted by molar-refractivity contribution is 5.20. The lowest BCUT2D eigenvalue weighted by molar-refractivity contribution is -0.191. The summed E-state index contributed by atoms with van der Waals surface area (Å²) in [5.74, 6) is 0. The quantitative estimate of drug-likeness (QED) is 0.439. The van der Waals surface area contributed by atoms with Crippen LogP contribution < -0.4 is 0 Å². The molecule has 0 bridgehead atoms. The molecule has 0 aliphatic heterocycles. The fourth-order valence-corrected chi connectivity index (χ4v) is 0. The van der Waals surface area contributed by atoms with E-state index < -0.39 is 0 Å². The molecule has 3 nitrogen and oxygen atoms in total. The molecule has 0 aromatic rings. The molecule has 0 saturated heterocycles. The Hall–Kier alpha value is -1.21. The van der Waals surface area contributed by atoms with Gasteiger partial charge in [0.25, 0.3) is 0 Å². The second-order valence-electron chi connectivity index (χ2n) is 0.0833. The molecular formula is C5H10O3. The van der Waals surface area contributed by atoms with Crippen LogP contribution in [0.2, 0.25) is 0 Å². The number of rotatable bonds is 0. The van der Waals surface area contributed by atoms with E-state index in [0.717, 1.165) is 0 Å². The largest absolute Gasteiger partial charge is 0.373 e. The van der Waals surface area contributed by atoms with Crippen molar-refractivity contribution in [2.24, 2.45) is 0 Å². The normalized spacial score (nSPS) is 2.00. The van der Waals surface area contributed by atoms with E-state index in [-0.39, 0.29) is 13.6 Å². The van der Waals surface area contributed by atoms with Crippen LogP contribution in [0.4, 0.5) is 0 Å². The van der Waals surface area contributed by atoms with Crippen molar-refractivity contribution in [3.63, 3.8) is 0 Å². The van der Waals surface area contributed by atoms with Crippen molar-refractivity contribution in [2.45, 2.75) is 7.43 Å². The van der Waals surface area contributed by atoms with Gasteiger partial charge in [-0.2, -0.15) is 9.59 Å². The molecule has 8 heavy (non-hydrogen) atoms. The predicted molar refractivity (Wildman–Crippen MR) is 30.1 cm³/mol. The summed E-state index contributed by atoms with van der Waals surface area (Å²) in [7, 11) is 0. The fourth-order valence-electron chi connectivity index (χ4n) is 0. The average molecular weight is 118 g/mol. The minimum atomic E-state index is 0. The first-order valence-electron chi connectivity index (χ1n) is 1.20. The van der Waals surface area contributed by atoms with E-state index in [1.54, 1.807) is 0 Å². The van der Waals surface area contributed by atoms with Crippen LogP contribution in [0.25, 0.3) is 0 Å². The van der Waals surface area contributed by atoms with Crippen molar-refractivity contribution in [1.29, 1.82) is 0 Å². The molecule has 0 aliphatic rings. The van der Waals surface area contributed by atoms with Crippen LogP contribution in [0, 0.1) is 0 Å². The Bertz CT molecular complexity index is 43.6. The molecule has 0 amide bonds. The van der Waals surface area contributed by atoms with Crippen LogP contribution in [0.3, 0.4) is 0 Å². The lowest BCUT2D eigenvalue weighted by atomic mass is 11.3. The SMILES string of the molecule is C.C=C.C=O.O=C=O. The Morgan fingerprint density at radius 3 is 1.00 bits per heavy atom. The number of hydrogen-bond acceptors (Lipinski definition) is 3. The van der Waals surface area contributed by atoms with Crippen molar-refractivity contribution in [2.75, 3.05) is 0 Å². The summed E-state index contributed by atoms with van der Waals surface area (Å²) >= 11 is 0. The maximum absolute atomic E-state index is 8.12. The third-order valence-corrected chi connectivity index (χ3v) is 0. The van der Waals surface area contributed by atoms with Gasteiger partial charge in [0, 0.05) is 0 Å². The molecule has 0 unspecified atom stereocenters. The Balaban J connectivity index is -0.0000000147. The van der Waals surface area contributed by atoms with Crippen molar-refractivity contribution >= 4 is 12.9 Å². The van der Waals surface area contributed by atoms with Gasteiger partial charge >= 0.3 is 6.15 Å². The molecule has 0 aromatic heterocycles. The fraction of sp³-hybridized carbons (Fsp3) is 0.200. The van der Waals surface area contributed by atoms with Crippen LogP contribution in [0.5, 0.6) is 0 Å².